The van der Waals surface area contributed by atoms with Crippen molar-refractivity contribution >= 4 is 0 Å². The average molecular weight is 252 g/mol. The monoisotopic (exact) mass is 252 g/mol. The van der Waals surface area contributed by atoms with E-state index < -0.39 is 12.1 Å². The Morgan fingerprint density at radius 1 is 0.889 bits per heavy atom. The fourth-order valence-electron chi connectivity index (χ4n) is 1.23. The molecule has 0 heterocycles. The van der Waals surface area contributed by atoms with Gasteiger partial charge in [-0.25, -0.2) is 0 Å². The molecule has 0 N–H and O–H groups in total. The van der Waals surface area contributed by atoms with Crippen LogP contribution in [0, 0.1) is 22.7 Å². The van der Waals surface area contributed by atoms with Gasteiger partial charge in [0.15, 0.2) is 12.1 Å². The number of ether oxygens (including phenoxy) is 2. The molecule has 18 heavy (non-hydrogen) atoms. The third-order valence-corrected chi connectivity index (χ3v) is 2.56. The minimum absolute atomic E-state index is 0.0629. The van der Waals surface area contributed by atoms with E-state index in [-0.39, 0.29) is 12.2 Å². The van der Waals surface area contributed by atoms with E-state index in [0.717, 1.165) is 0 Å². The molecule has 0 rings (SSSR count). The van der Waals surface area contributed by atoms with Gasteiger partial charge >= 0.3 is 0 Å². The van der Waals surface area contributed by atoms with Crippen LogP contribution < -0.4 is 0 Å². The molecule has 0 saturated heterocycles. The highest BCUT2D eigenvalue weighted by atomic mass is 16.5. The van der Waals surface area contributed by atoms with Crippen molar-refractivity contribution in [2.45, 2.75) is 51.0 Å². The van der Waals surface area contributed by atoms with Gasteiger partial charge in [0.05, 0.1) is 24.3 Å². The van der Waals surface area contributed by atoms with Gasteiger partial charge in [-0.05, 0) is 13.8 Å². The van der Waals surface area contributed by atoms with E-state index in [1.165, 1.54) is 0 Å². The van der Waals surface area contributed by atoms with Crippen LogP contribution in [0.4, 0.5) is 0 Å². The molecule has 0 aliphatic rings. The van der Waals surface area contributed by atoms with Gasteiger partial charge in [0, 0.05) is 27.1 Å². The predicted octanol–water partition coefficient (Wildman–Crippen LogP) is 2.07. The van der Waals surface area contributed by atoms with Crippen molar-refractivity contribution in [3.8, 4) is 12.1 Å². The van der Waals surface area contributed by atoms with Crippen molar-refractivity contribution in [1.82, 2.24) is 0 Å². The quantitative estimate of drug-likeness (QED) is 0.618. The van der Waals surface area contributed by atoms with Crippen molar-refractivity contribution in [3.63, 3.8) is 0 Å². The summed E-state index contributed by atoms with van der Waals surface area (Å²) in [6, 6.07) is 2.92. The summed E-state index contributed by atoms with van der Waals surface area (Å²) in [5.74, 6) is 0. The molecule has 0 aliphatic heterocycles. The fraction of sp³-hybridized carbons (Fsp3) is 0.833. The molecule has 4 atom stereocenters. The van der Waals surface area contributed by atoms with E-state index in [0.29, 0.717) is 12.8 Å². The Balaban J connectivity index is 4.39. The highest BCUT2D eigenvalue weighted by Gasteiger charge is 2.14. The maximum Gasteiger partial charge on any atom is 0.159 e. The second-order valence-electron chi connectivity index (χ2n) is 4.08. The predicted molar refractivity (Wildman–Crippen MR) is 65.8 cm³/mol. The summed E-state index contributed by atoms with van der Waals surface area (Å²) in [5, 5.41) is 25.6. The lowest BCUT2D eigenvalue weighted by Gasteiger charge is -2.12. The van der Waals surface area contributed by atoms with Gasteiger partial charge in [0.25, 0.3) is 0 Å². The molecule has 0 aromatic carbocycles. The van der Waals surface area contributed by atoms with E-state index in [2.05, 4.69) is 10.2 Å². The Morgan fingerprint density at radius 3 is 1.44 bits per heavy atom. The van der Waals surface area contributed by atoms with Gasteiger partial charge in [-0.2, -0.15) is 20.8 Å². The highest BCUT2D eigenvalue weighted by molar-refractivity contribution is 4.94. The maximum atomic E-state index is 8.92. The molecule has 0 fully saturated rings. The van der Waals surface area contributed by atoms with Gasteiger partial charge < -0.3 is 9.47 Å². The molecule has 0 spiro atoms. The molecule has 0 saturated carbocycles. The summed E-state index contributed by atoms with van der Waals surface area (Å²) in [6.45, 7) is 3.71. The molecule has 0 aromatic heterocycles. The molecule has 6 nitrogen and oxygen atoms in total. The number of hydrogen-bond donors (Lipinski definition) is 0. The number of methoxy groups -OCH3 is 2. The zero-order valence-corrected chi connectivity index (χ0v) is 11.3. The van der Waals surface area contributed by atoms with Gasteiger partial charge in [-0.3, -0.25) is 0 Å². The van der Waals surface area contributed by atoms with Crippen LogP contribution in [-0.4, -0.2) is 38.5 Å². The Morgan fingerprint density at radius 2 is 1.22 bits per heavy atom. The van der Waals surface area contributed by atoms with Crippen LogP contribution in [0.25, 0.3) is 0 Å². The molecule has 4 unspecified atom stereocenters. The first-order chi connectivity index (χ1) is 8.57. The van der Waals surface area contributed by atoms with Crippen LogP contribution in [0.1, 0.15) is 26.7 Å². The number of nitriles is 2. The lowest BCUT2D eigenvalue weighted by Crippen LogP contribution is -2.16. The molecule has 0 bridgehead atoms. The minimum Gasteiger partial charge on any atom is -0.382 e. The van der Waals surface area contributed by atoms with Crippen molar-refractivity contribution in [2.24, 2.45) is 10.2 Å². The number of azo groups is 1. The molecular weight excluding hydrogens is 232 g/mol. The first-order valence-electron chi connectivity index (χ1n) is 5.82. The third-order valence-electron chi connectivity index (χ3n) is 2.56. The number of rotatable bonds is 8. The highest BCUT2D eigenvalue weighted by Crippen LogP contribution is 2.09. The fourth-order valence-corrected chi connectivity index (χ4v) is 1.23. The Labute approximate surface area is 108 Å². The first kappa shape index (κ1) is 16.5. The zero-order chi connectivity index (χ0) is 14.0. The average Bonchev–Trinajstić information content (AvgIpc) is 2.40. The van der Waals surface area contributed by atoms with E-state index >= 15 is 0 Å². The van der Waals surface area contributed by atoms with Crippen molar-refractivity contribution < 1.29 is 9.47 Å². The molecular formula is C12H20N4O2. The minimum atomic E-state index is -0.575. The van der Waals surface area contributed by atoms with Gasteiger partial charge in [0.1, 0.15) is 0 Å². The Kier molecular flexibility index (Phi) is 8.73. The van der Waals surface area contributed by atoms with Crippen LogP contribution in [0.3, 0.4) is 0 Å². The third kappa shape index (κ3) is 6.95. The smallest absolute Gasteiger partial charge is 0.159 e. The summed E-state index contributed by atoms with van der Waals surface area (Å²) >= 11 is 0. The standard InChI is InChI=1S/C12H20N4O2/c1-9(17-3)5-11(7-13)15-16-12(8-14)6-10(2)18-4/h9-12H,5-6H2,1-4H3/b16-15+. The largest absolute Gasteiger partial charge is 0.382 e. The lowest BCUT2D eigenvalue weighted by atomic mass is 10.1. The molecule has 100 valence electrons. The van der Waals surface area contributed by atoms with Crippen LogP contribution in [0.2, 0.25) is 0 Å². The molecule has 0 amide bonds. The second-order valence-corrected chi connectivity index (χ2v) is 4.08. The topological polar surface area (TPSA) is 90.8 Å². The van der Waals surface area contributed by atoms with Crippen molar-refractivity contribution in [2.75, 3.05) is 14.2 Å². The SMILES string of the molecule is COC(C)CC(C#N)/N=N/C(C#N)CC(C)OC. The summed E-state index contributed by atoms with van der Waals surface area (Å²) < 4.78 is 10.1. The van der Waals surface area contributed by atoms with E-state index in [9.17, 15) is 0 Å². The van der Waals surface area contributed by atoms with Gasteiger partial charge in [0.2, 0.25) is 0 Å². The first-order valence-corrected chi connectivity index (χ1v) is 5.82. The second kappa shape index (κ2) is 9.52. The summed E-state index contributed by atoms with van der Waals surface area (Å²) in [5.41, 5.74) is 0. The summed E-state index contributed by atoms with van der Waals surface area (Å²) in [4.78, 5) is 0. The van der Waals surface area contributed by atoms with Crippen LogP contribution >= 0.6 is 0 Å². The van der Waals surface area contributed by atoms with E-state index in [1.54, 1.807) is 14.2 Å². The Hall–Kier alpha value is -1.50. The van der Waals surface area contributed by atoms with Crippen molar-refractivity contribution in [1.29, 1.82) is 10.5 Å². The number of hydrogen-bond acceptors (Lipinski definition) is 6. The molecule has 0 aliphatic carbocycles. The number of nitrogens with zero attached hydrogens (tertiary/aromatic N) is 4. The summed E-state index contributed by atoms with van der Waals surface area (Å²) in [6.07, 6.45) is 0.808. The van der Waals surface area contributed by atoms with E-state index in [4.69, 9.17) is 20.0 Å². The zero-order valence-electron chi connectivity index (χ0n) is 11.3. The molecule has 0 aromatic rings. The Bertz CT molecular complexity index is 300. The van der Waals surface area contributed by atoms with Crippen molar-refractivity contribution in [3.05, 3.63) is 0 Å². The van der Waals surface area contributed by atoms with Crippen LogP contribution in [0.5, 0.6) is 0 Å². The molecule has 0 radical (unpaired) electrons. The lowest BCUT2D eigenvalue weighted by molar-refractivity contribution is 0.105. The maximum absolute atomic E-state index is 8.92. The van der Waals surface area contributed by atoms with Gasteiger partial charge in [-0.15, -0.1) is 0 Å². The normalized spacial score (nSPS) is 17.7. The summed E-state index contributed by atoms with van der Waals surface area (Å²) in [7, 11) is 3.16. The van der Waals surface area contributed by atoms with Gasteiger partial charge in [-0.1, -0.05) is 0 Å². The van der Waals surface area contributed by atoms with Crippen LogP contribution in [0.15, 0.2) is 10.2 Å². The molecule has 6 heteroatoms. The van der Waals surface area contributed by atoms with Crippen LogP contribution in [-0.2, 0) is 9.47 Å². The van der Waals surface area contributed by atoms with E-state index in [1.807, 2.05) is 26.0 Å².